The van der Waals surface area contributed by atoms with Gasteiger partial charge in [-0.3, -0.25) is 0 Å². The largest absolute Gasteiger partial charge is 0.0776 e. The molecule has 3 rings (SSSR count). The van der Waals surface area contributed by atoms with Crippen molar-refractivity contribution in [1.82, 2.24) is 0 Å². The fourth-order valence-corrected chi connectivity index (χ4v) is 7.26. The predicted octanol–water partition coefficient (Wildman–Crippen LogP) is 5.48. The Bertz CT molecular complexity index is 847. The Kier molecular flexibility index (Phi) is 5.80. The van der Waals surface area contributed by atoms with Crippen LogP contribution in [0.5, 0.6) is 0 Å². The number of aryl methyl sites for hydroxylation is 2. The summed E-state index contributed by atoms with van der Waals surface area (Å²) in [7, 11) is -1.69. The Labute approximate surface area is 161 Å². The minimum absolute atomic E-state index is 0.402. The number of hydrogen-bond acceptors (Lipinski definition) is 0. The molecule has 3 aromatic carbocycles. The first kappa shape index (κ1) is 19.1. The lowest BCUT2D eigenvalue weighted by atomic mass is 10.2. The first-order valence-corrected chi connectivity index (χ1v) is 14.4. The van der Waals surface area contributed by atoms with Gasteiger partial charge in [0.15, 0.2) is 0 Å². The third-order valence-corrected chi connectivity index (χ3v) is 9.84. The fourth-order valence-electron chi connectivity index (χ4n) is 3.35. The molecule has 0 amide bonds. The highest BCUT2D eigenvalue weighted by Crippen LogP contribution is 2.39. The Morgan fingerprint density at radius 1 is 0.692 bits per heavy atom. The summed E-state index contributed by atoms with van der Waals surface area (Å²) in [5.74, 6) is 0. The molecule has 0 aliphatic rings. The van der Waals surface area contributed by atoms with E-state index in [1.807, 2.05) is 0 Å². The van der Waals surface area contributed by atoms with Crippen LogP contribution in [-0.2, 0) is 6.16 Å². The van der Waals surface area contributed by atoms with Gasteiger partial charge in [-0.15, -0.1) is 0 Å². The fraction of sp³-hybridized carbons (Fsp3) is 0.250. The van der Waals surface area contributed by atoms with Crippen LogP contribution in [0.15, 0.2) is 72.8 Å². The number of rotatable bonds is 5. The second-order valence-corrected chi connectivity index (χ2v) is 15.3. The Morgan fingerprint density at radius 2 is 1.23 bits per heavy atom. The van der Waals surface area contributed by atoms with Gasteiger partial charge in [-0.1, -0.05) is 97.6 Å². The van der Waals surface area contributed by atoms with Gasteiger partial charge in [0.05, 0.1) is 8.07 Å². The quantitative estimate of drug-likeness (QED) is 0.408. The maximum Gasteiger partial charge on any atom is 0.0776 e. The molecule has 0 saturated heterocycles. The molecule has 0 heterocycles. The van der Waals surface area contributed by atoms with E-state index in [0.717, 1.165) is 6.16 Å². The second kappa shape index (κ2) is 7.90. The van der Waals surface area contributed by atoms with Gasteiger partial charge in [0.2, 0.25) is 0 Å². The molecule has 0 spiro atoms. The average molecular weight is 377 g/mol. The summed E-state index contributed by atoms with van der Waals surface area (Å²) >= 11 is 0. The third kappa shape index (κ3) is 4.34. The predicted molar refractivity (Wildman–Crippen MR) is 122 cm³/mol. The van der Waals surface area contributed by atoms with Crippen molar-refractivity contribution >= 4 is 31.8 Å². The molecule has 0 aliphatic heterocycles. The summed E-state index contributed by atoms with van der Waals surface area (Å²) in [6.45, 7) is 11.8. The van der Waals surface area contributed by atoms with Gasteiger partial charge in [0, 0.05) is 6.16 Å². The van der Waals surface area contributed by atoms with E-state index < -0.39 is 16.0 Å². The van der Waals surface area contributed by atoms with Gasteiger partial charge >= 0.3 is 0 Å². The van der Waals surface area contributed by atoms with Gasteiger partial charge < -0.3 is 0 Å². The van der Waals surface area contributed by atoms with E-state index in [-0.39, 0.29) is 0 Å². The zero-order valence-corrected chi connectivity index (χ0v) is 18.5. The van der Waals surface area contributed by atoms with Gasteiger partial charge in [-0.05, 0) is 49.1 Å². The Hall–Kier alpha value is -1.69. The van der Waals surface area contributed by atoms with E-state index in [1.165, 1.54) is 27.3 Å². The van der Waals surface area contributed by atoms with Crippen LogP contribution in [0, 0.1) is 13.8 Å². The summed E-state index contributed by atoms with van der Waals surface area (Å²) < 4.78 is 0. The molecule has 26 heavy (non-hydrogen) atoms. The first-order chi connectivity index (χ1) is 12.4. The van der Waals surface area contributed by atoms with Crippen LogP contribution in [-0.4, -0.2) is 8.07 Å². The molecule has 0 aromatic heterocycles. The van der Waals surface area contributed by atoms with Crippen molar-refractivity contribution in [3.63, 3.8) is 0 Å². The van der Waals surface area contributed by atoms with Crippen LogP contribution in [0.3, 0.4) is 0 Å². The lowest BCUT2D eigenvalue weighted by Gasteiger charge is -2.24. The zero-order valence-electron chi connectivity index (χ0n) is 16.6. The van der Waals surface area contributed by atoms with Crippen LogP contribution >= 0.6 is 7.92 Å². The molecular weight excluding hydrogens is 347 g/mol. The smallest absolute Gasteiger partial charge is 0.0656 e. The zero-order chi connectivity index (χ0) is 18.7. The van der Waals surface area contributed by atoms with Crippen LogP contribution in [0.1, 0.15) is 16.7 Å². The van der Waals surface area contributed by atoms with Crippen molar-refractivity contribution < 1.29 is 0 Å². The van der Waals surface area contributed by atoms with Crippen molar-refractivity contribution in [2.24, 2.45) is 0 Å². The lowest BCUT2D eigenvalue weighted by molar-refractivity contribution is 1.40. The van der Waals surface area contributed by atoms with E-state index in [2.05, 4.69) is 106 Å². The normalized spacial score (nSPS) is 11.8. The number of hydrogen-bond donors (Lipinski definition) is 0. The van der Waals surface area contributed by atoms with E-state index in [0.29, 0.717) is 0 Å². The van der Waals surface area contributed by atoms with Crippen molar-refractivity contribution in [3.8, 4) is 0 Å². The standard InChI is InChI=1S/C24H29PSi/c1-19-11-6-8-15-23(19)25(24-16-9-7-12-20(24)2)18-21-13-10-14-22(17-21)26(3,4)5/h6-17H,18H2,1-5H3. The van der Waals surface area contributed by atoms with Crippen molar-refractivity contribution in [3.05, 3.63) is 89.5 Å². The molecule has 0 fully saturated rings. The molecule has 0 nitrogen and oxygen atoms in total. The van der Waals surface area contributed by atoms with E-state index in [4.69, 9.17) is 0 Å². The summed E-state index contributed by atoms with van der Waals surface area (Å²) in [4.78, 5) is 0. The van der Waals surface area contributed by atoms with Crippen LogP contribution in [0.25, 0.3) is 0 Å². The van der Waals surface area contributed by atoms with E-state index >= 15 is 0 Å². The topological polar surface area (TPSA) is 0 Å². The van der Waals surface area contributed by atoms with Gasteiger partial charge in [-0.25, -0.2) is 0 Å². The van der Waals surface area contributed by atoms with E-state index in [1.54, 1.807) is 5.19 Å². The second-order valence-electron chi connectivity index (χ2n) is 8.11. The van der Waals surface area contributed by atoms with Crippen molar-refractivity contribution in [2.45, 2.75) is 39.7 Å². The molecule has 0 N–H and O–H groups in total. The minimum Gasteiger partial charge on any atom is -0.0656 e. The minimum atomic E-state index is -1.29. The van der Waals surface area contributed by atoms with Crippen molar-refractivity contribution in [1.29, 1.82) is 0 Å². The number of benzene rings is 3. The summed E-state index contributed by atoms with van der Waals surface area (Å²) in [6, 6.07) is 27.2. The summed E-state index contributed by atoms with van der Waals surface area (Å²) in [5, 5.41) is 4.57. The molecule has 2 heteroatoms. The third-order valence-electron chi connectivity index (χ3n) is 4.95. The molecule has 3 aromatic rings. The maximum absolute atomic E-state index is 2.47. The molecule has 0 saturated carbocycles. The van der Waals surface area contributed by atoms with Gasteiger partial charge in [-0.2, -0.15) is 0 Å². The molecule has 0 radical (unpaired) electrons. The monoisotopic (exact) mass is 376 g/mol. The Morgan fingerprint density at radius 3 is 1.73 bits per heavy atom. The molecular formula is C24H29PSi. The Balaban J connectivity index is 2.06. The van der Waals surface area contributed by atoms with E-state index in [9.17, 15) is 0 Å². The molecule has 134 valence electrons. The average Bonchev–Trinajstić information content (AvgIpc) is 2.61. The van der Waals surface area contributed by atoms with Gasteiger partial charge in [0.1, 0.15) is 0 Å². The molecule has 0 aliphatic carbocycles. The highest BCUT2D eigenvalue weighted by atomic mass is 31.1. The van der Waals surface area contributed by atoms with Crippen molar-refractivity contribution in [2.75, 3.05) is 0 Å². The van der Waals surface area contributed by atoms with Crippen LogP contribution in [0.2, 0.25) is 19.6 Å². The molecule has 0 atom stereocenters. The maximum atomic E-state index is 2.47. The lowest BCUT2D eigenvalue weighted by Crippen LogP contribution is -2.37. The summed E-state index contributed by atoms with van der Waals surface area (Å²) in [6.07, 6.45) is 1.11. The van der Waals surface area contributed by atoms with Gasteiger partial charge in [0.25, 0.3) is 0 Å². The van der Waals surface area contributed by atoms with Crippen LogP contribution in [0.4, 0.5) is 0 Å². The summed E-state index contributed by atoms with van der Waals surface area (Å²) in [5.41, 5.74) is 4.29. The highest BCUT2D eigenvalue weighted by Gasteiger charge is 2.20. The molecule has 0 bridgehead atoms. The van der Waals surface area contributed by atoms with Crippen LogP contribution < -0.4 is 15.8 Å². The highest BCUT2D eigenvalue weighted by molar-refractivity contribution is 7.72. The first-order valence-electron chi connectivity index (χ1n) is 9.34. The molecule has 0 unspecified atom stereocenters. The SMILES string of the molecule is Cc1ccccc1P(Cc1cccc([Si](C)(C)C)c1)c1ccccc1C.